The van der Waals surface area contributed by atoms with Crippen LogP contribution in [0, 0.1) is 23.7 Å². The summed E-state index contributed by atoms with van der Waals surface area (Å²) in [6.07, 6.45) is 1.11. The summed E-state index contributed by atoms with van der Waals surface area (Å²) in [5, 5.41) is 16.7. The zero-order valence-corrected chi connectivity index (χ0v) is 21.6. The van der Waals surface area contributed by atoms with Gasteiger partial charge in [-0.25, -0.2) is 4.79 Å². The van der Waals surface area contributed by atoms with Crippen molar-refractivity contribution in [2.75, 3.05) is 0 Å². The van der Waals surface area contributed by atoms with Crippen molar-refractivity contribution in [3.8, 4) is 0 Å². The average molecular weight is 477 g/mol. The molecule has 1 rings (SSSR count). The molecule has 4 unspecified atom stereocenters. The number of hydrogen-bond donors (Lipinski definition) is 3. The standard InChI is InChI=1S/C27H44N2O5/c1-18(2)12-22(26(32)28-23(16-30)13-19(3)4)15-25(31)24(14-20(5)6)29-27(33)34-17-21-10-8-7-9-11-21/h7-11,16,18-20,22-25,31H,12-15,17H2,1-6H3,(H,28,32)(H,29,33). The van der Waals surface area contributed by atoms with E-state index in [0.717, 1.165) is 11.8 Å². The van der Waals surface area contributed by atoms with Crippen molar-refractivity contribution in [2.24, 2.45) is 23.7 Å². The van der Waals surface area contributed by atoms with Gasteiger partial charge in [0.25, 0.3) is 0 Å². The zero-order valence-electron chi connectivity index (χ0n) is 21.6. The van der Waals surface area contributed by atoms with Crippen molar-refractivity contribution in [3.63, 3.8) is 0 Å². The first kappa shape index (κ1) is 29.6. The van der Waals surface area contributed by atoms with Crippen molar-refractivity contribution in [2.45, 2.75) is 92.0 Å². The first-order chi connectivity index (χ1) is 16.0. The van der Waals surface area contributed by atoms with Crippen molar-refractivity contribution in [1.82, 2.24) is 10.6 Å². The number of aliphatic hydroxyl groups excluding tert-OH is 1. The van der Waals surface area contributed by atoms with E-state index in [9.17, 15) is 19.5 Å². The number of carbonyl (C=O) groups is 3. The second-order valence-corrected chi connectivity index (χ2v) is 10.5. The number of hydrogen-bond acceptors (Lipinski definition) is 5. The minimum atomic E-state index is -0.930. The molecule has 0 saturated heterocycles. The molecule has 0 saturated carbocycles. The Hall–Kier alpha value is -2.41. The third-order valence-corrected chi connectivity index (χ3v) is 5.58. The fourth-order valence-electron chi connectivity index (χ4n) is 4.03. The molecule has 0 fully saturated rings. The van der Waals surface area contributed by atoms with Crippen molar-refractivity contribution in [1.29, 1.82) is 0 Å². The summed E-state index contributed by atoms with van der Waals surface area (Å²) in [5.74, 6) is 0.0139. The van der Waals surface area contributed by atoms with Crippen LogP contribution in [0.2, 0.25) is 0 Å². The predicted molar refractivity (Wildman–Crippen MR) is 134 cm³/mol. The second-order valence-electron chi connectivity index (χ2n) is 10.5. The maximum Gasteiger partial charge on any atom is 0.407 e. The lowest BCUT2D eigenvalue weighted by Crippen LogP contribution is -2.47. The van der Waals surface area contributed by atoms with Crippen LogP contribution >= 0.6 is 0 Å². The fraction of sp³-hybridized carbons (Fsp3) is 0.667. The topological polar surface area (TPSA) is 105 Å². The summed E-state index contributed by atoms with van der Waals surface area (Å²) in [6.45, 7) is 12.2. The van der Waals surface area contributed by atoms with Crippen LogP contribution < -0.4 is 10.6 Å². The third-order valence-electron chi connectivity index (χ3n) is 5.58. The molecule has 0 aliphatic heterocycles. The lowest BCUT2D eigenvalue weighted by molar-refractivity contribution is -0.129. The Balaban J connectivity index is 2.83. The Labute approximate surface area is 205 Å². The monoisotopic (exact) mass is 476 g/mol. The van der Waals surface area contributed by atoms with Gasteiger partial charge in [-0.3, -0.25) is 4.79 Å². The van der Waals surface area contributed by atoms with E-state index in [0.29, 0.717) is 19.3 Å². The third kappa shape index (κ3) is 12.2. The van der Waals surface area contributed by atoms with Crippen molar-refractivity contribution < 1.29 is 24.2 Å². The molecular weight excluding hydrogens is 432 g/mol. The number of aliphatic hydroxyl groups is 1. The molecule has 34 heavy (non-hydrogen) atoms. The molecule has 0 aliphatic rings. The number of carbonyl (C=O) groups excluding carboxylic acids is 3. The van der Waals surface area contributed by atoms with Crippen LogP contribution in [0.15, 0.2) is 30.3 Å². The molecule has 2 amide bonds. The van der Waals surface area contributed by atoms with Gasteiger partial charge in [0.1, 0.15) is 12.9 Å². The van der Waals surface area contributed by atoms with Crippen LogP contribution in [0.1, 0.15) is 72.8 Å². The van der Waals surface area contributed by atoms with Crippen LogP contribution in [0.25, 0.3) is 0 Å². The van der Waals surface area contributed by atoms with Crippen molar-refractivity contribution >= 4 is 18.3 Å². The Morgan fingerprint density at radius 1 is 0.882 bits per heavy atom. The maximum absolute atomic E-state index is 13.0. The summed E-state index contributed by atoms with van der Waals surface area (Å²) in [4.78, 5) is 36.9. The molecule has 0 spiro atoms. The van der Waals surface area contributed by atoms with Gasteiger partial charge in [0, 0.05) is 5.92 Å². The summed E-state index contributed by atoms with van der Waals surface area (Å²) in [5.41, 5.74) is 0.874. The van der Waals surface area contributed by atoms with E-state index in [4.69, 9.17) is 4.74 Å². The smallest absolute Gasteiger partial charge is 0.407 e. The lowest BCUT2D eigenvalue weighted by atomic mass is 9.87. The van der Waals surface area contributed by atoms with Gasteiger partial charge in [0.05, 0.1) is 18.2 Å². The highest BCUT2D eigenvalue weighted by atomic mass is 16.5. The Morgan fingerprint density at radius 3 is 2.00 bits per heavy atom. The molecular formula is C27H44N2O5. The highest BCUT2D eigenvalue weighted by Crippen LogP contribution is 2.22. The van der Waals surface area contributed by atoms with Gasteiger partial charge in [-0.1, -0.05) is 71.9 Å². The van der Waals surface area contributed by atoms with Gasteiger partial charge in [0.2, 0.25) is 5.91 Å². The van der Waals surface area contributed by atoms with E-state index in [1.807, 2.05) is 71.9 Å². The second kappa shape index (κ2) is 15.5. The molecule has 0 radical (unpaired) electrons. The Bertz CT molecular complexity index is 736. The summed E-state index contributed by atoms with van der Waals surface area (Å²) in [7, 11) is 0. The quantitative estimate of drug-likeness (QED) is 0.324. The van der Waals surface area contributed by atoms with E-state index in [1.54, 1.807) is 0 Å². The number of benzene rings is 1. The van der Waals surface area contributed by atoms with Gasteiger partial charge in [-0.2, -0.15) is 0 Å². The number of aldehydes is 1. The number of amides is 2. The van der Waals surface area contributed by atoms with Crippen LogP contribution in [0.4, 0.5) is 4.79 Å². The molecule has 7 nitrogen and oxygen atoms in total. The summed E-state index contributed by atoms with van der Waals surface area (Å²) < 4.78 is 5.33. The first-order valence-electron chi connectivity index (χ1n) is 12.4. The largest absolute Gasteiger partial charge is 0.445 e. The van der Waals surface area contributed by atoms with E-state index < -0.39 is 30.2 Å². The molecule has 0 heterocycles. The number of alkyl carbamates (subject to hydrolysis) is 1. The van der Waals surface area contributed by atoms with Gasteiger partial charge < -0.3 is 25.3 Å². The van der Waals surface area contributed by atoms with E-state index in [2.05, 4.69) is 10.6 Å². The molecule has 1 aromatic carbocycles. The van der Waals surface area contributed by atoms with Crippen LogP contribution in [0.3, 0.4) is 0 Å². The van der Waals surface area contributed by atoms with Gasteiger partial charge in [-0.05, 0) is 49.0 Å². The SMILES string of the molecule is CC(C)CC(C=O)NC(=O)C(CC(C)C)CC(O)C(CC(C)C)NC(=O)OCc1ccccc1. The molecule has 192 valence electrons. The summed E-state index contributed by atoms with van der Waals surface area (Å²) in [6, 6.07) is 8.28. The number of rotatable bonds is 15. The number of nitrogens with one attached hydrogen (secondary N) is 2. The molecule has 7 heteroatoms. The molecule has 0 aliphatic carbocycles. The molecule has 3 N–H and O–H groups in total. The number of ether oxygens (including phenoxy) is 1. The van der Waals surface area contributed by atoms with E-state index in [1.165, 1.54) is 0 Å². The highest BCUT2D eigenvalue weighted by molar-refractivity contribution is 5.81. The minimum Gasteiger partial charge on any atom is -0.445 e. The average Bonchev–Trinajstić information content (AvgIpc) is 2.76. The Morgan fingerprint density at radius 2 is 1.47 bits per heavy atom. The predicted octanol–water partition coefficient (Wildman–Crippen LogP) is 4.47. The van der Waals surface area contributed by atoms with Gasteiger partial charge in [0.15, 0.2) is 0 Å². The van der Waals surface area contributed by atoms with Crippen LogP contribution in [-0.2, 0) is 20.9 Å². The first-order valence-corrected chi connectivity index (χ1v) is 12.4. The van der Waals surface area contributed by atoms with Crippen LogP contribution in [0.5, 0.6) is 0 Å². The molecule has 4 atom stereocenters. The van der Waals surface area contributed by atoms with Crippen LogP contribution in [-0.4, -0.2) is 41.6 Å². The van der Waals surface area contributed by atoms with Gasteiger partial charge in [-0.15, -0.1) is 0 Å². The molecule has 0 bridgehead atoms. The van der Waals surface area contributed by atoms with E-state index >= 15 is 0 Å². The fourth-order valence-corrected chi connectivity index (χ4v) is 4.03. The normalized spacial score (nSPS) is 15.0. The molecule has 0 aromatic heterocycles. The van der Waals surface area contributed by atoms with Crippen molar-refractivity contribution in [3.05, 3.63) is 35.9 Å². The lowest BCUT2D eigenvalue weighted by Gasteiger charge is -2.29. The maximum atomic E-state index is 13.0. The minimum absolute atomic E-state index is 0.137. The van der Waals surface area contributed by atoms with Gasteiger partial charge >= 0.3 is 6.09 Å². The molecule has 1 aromatic rings. The zero-order chi connectivity index (χ0) is 25.7. The van der Waals surface area contributed by atoms with E-state index in [-0.39, 0.29) is 36.7 Å². The summed E-state index contributed by atoms with van der Waals surface area (Å²) >= 11 is 0. The highest BCUT2D eigenvalue weighted by Gasteiger charge is 2.30. The Kier molecular flexibility index (Phi) is 13.5.